The van der Waals surface area contributed by atoms with E-state index in [0.717, 1.165) is 0 Å². The number of hydrogen-bond acceptors (Lipinski definition) is 2. The highest BCUT2D eigenvalue weighted by Crippen LogP contribution is 2.23. The number of primary amides is 1. The second-order valence-electron chi connectivity index (χ2n) is 4.88. The van der Waals surface area contributed by atoms with E-state index >= 15 is 0 Å². The molecule has 0 bridgehead atoms. The number of amides is 2. The van der Waals surface area contributed by atoms with E-state index in [-0.39, 0.29) is 12.1 Å². The number of carbonyl (C=O) groups is 2. The number of halogens is 3. The number of nitrogens with one attached hydrogen (secondary N) is 1. The van der Waals surface area contributed by atoms with Crippen molar-refractivity contribution in [2.24, 2.45) is 5.73 Å². The lowest BCUT2D eigenvalue weighted by atomic mass is 9.94. The van der Waals surface area contributed by atoms with Crippen LogP contribution in [0.2, 0.25) is 0 Å². The van der Waals surface area contributed by atoms with Crippen LogP contribution >= 0.6 is 0 Å². The van der Waals surface area contributed by atoms with Gasteiger partial charge in [0.2, 0.25) is 11.8 Å². The van der Waals surface area contributed by atoms with Crippen LogP contribution in [0.4, 0.5) is 18.9 Å². The van der Waals surface area contributed by atoms with Crippen LogP contribution in [0.1, 0.15) is 17.9 Å². The number of rotatable bonds is 5. The number of hydrogen-bond donors (Lipinski definition) is 2. The molecule has 7 heteroatoms. The summed E-state index contributed by atoms with van der Waals surface area (Å²) in [6.45, 7) is 0. The van der Waals surface area contributed by atoms with Gasteiger partial charge < -0.3 is 11.1 Å². The third-order valence-electron chi connectivity index (χ3n) is 3.18. The van der Waals surface area contributed by atoms with E-state index in [2.05, 4.69) is 5.32 Å². The summed E-state index contributed by atoms with van der Waals surface area (Å²) in [5, 5.41) is 2.26. The van der Waals surface area contributed by atoms with Crippen LogP contribution in [-0.2, 0) is 9.59 Å². The van der Waals surface area contributed by atoms with E-state index in [1.807, 2.05) is 0 Å². The Morgan fingerprint density at radius 3 is 2.13 bits per heavy atom. The molecule has 0 aliphatic rings. The summed E-state index contributed by atoms with van der Waals surface area (Å²) >= 11 is 0. The van der Waals surface area contributed by atoms with Gasteiger partial charge in [0.15, 0.2) is 17.5 Å². The highest BCUT2D eigenvalue weighted by Gasteiger charge is 2.23. The van der Waals surface area contributed by atoms with Crippen LogP contribution in [-0.4, -0.2) is 11.8 Å². The van der Waals surface area contributed by atoms with Crippen LogP contribution < -0.4 is 11.1 Å². The summed E-state index contributed by atoms with van der Waals surface area (Å²) < 4.78 is 39.3. The van der Waals surface area contributed by atoms with Gasteiger partial charge >= 0.3 is 0 Å². The first-order valence-corrected chi connectivity index (χ1v) is 6.67. The molecule has 1 unspecified atom stereocenters. The van der Waals surface area contributed by atoms with Crippen molar-refractivity contribution in [1.82, 2.24) is 0 Å². The molecule has 0 aliphatic carbocycles. The van der Waals surface area contributed by atoms with E-state index in [0.29, 0.717) is 17.7 Å². The molecule has 0 saturated carbocycles. The van der Waals surface area contributed by atoms with Crippen molar-refractivity contribution < 1.29 is 22.8 Å². The molecule has 2 aromatic rings. The fourth-order valence-electron chi connectivity index (χ4n) is 2.11. The molecule has 23 heavy (non-hydrogen) atoms. The molecule has 2 amide bonds. The molecule has 2 rings (SSSR count). The molecule has 120 valence electrons. The second kappa shape index (κ2) is 6.95. The van der Waals surface area contributed by atoms with Crippen LogP contribution in [0, 0.1) is 17.5 Å². The predicted octanol–water partition coefficient (Wildman–Crippen LogP) is 2.70. The lowest BCUT2D eigenvalue weighted by Gasteiger charge is -2.16. The predicted molar refractivity (Wildman–Crippen MR) is 77.9 cm³/mol. The number of benzene rings is 2. The maximum Gasteiger partial charge on any atom is 0.232 e. The van der Waals surface area contributed by atoms with Crippen LogP contribution in [0.5, 0.6) is 0 Å². The van der Waals surface area contributed by atoms with E-state index in [1.165, 1.54) is 0 Å². The highest BCUT2D eigenvalue weighted by atomic mass is 19.2. The SMILES string of the molecule is NC(=O)CC(C(=O)Nc1cc(F)c(F)c(F)c1)c1ccccc1. The van der Waals surface area contributed by atoms with Gasteiger partial charge in [0, 0.05) is 24.2 Å². The quantitative estimate of drug-likeness (QED) is 0.831. The molecule has 0 aliphatic heterocycles. The van der Waals surface area contributed by atoms with Gasteiger partial charge in [-0.05, 0) is 5.56 Å². The average molecular weight is 322 g/mol. The van der Waals surface area contributed by atoms with E-state index < -0.39 is 35.2 Å². The normalized spacial score (nSPS) is 11.8. The van der Waals surface area contributed by atoms with Gasteiger partial charge in [0.05, 0.1) is 5.92 Å². The zero-order valence-corrected chi connectivity index (χ0v) is 11.9. The number of anilines is 1. The van der Waals surface area contributed by atoms with E-state index in [1.54, 1.807) is 30.3 Å². The number of nitrogens with two attached hydrogens (primary N) is 1. The van der Waals surface area contributed by atoms with Gasteiger partial charge in [-0.2, -0.15) is 0 Å². The molecule has 0 heterocycles. The fraction of sp³-hybridized carbons (Fsp3) is 0.125. The van der Waals surface area contributed by atoms with Crippen LogP contribution in [0.3, 0.4) is 0 Å². The fourth-order valence-corrected chi connectivity index (χ4v) is 2.11. The van der Waals surface area contributed by atoms with Gasteiger partial charge in [-0.1, -0.05) is 30.3 Å². The van der Waals surface area contributed by atoms with E-state index in [4.69, 9.17) is 5.73 Å². The minimum atomic E-state index is -1.63. The Morgan fingerprint density at radius 1 is 1.04 bits per heavy atom. The summed E-state index contributed by atoms with van der Waals surface area (Å²) in [4.78, 5) is 23.5. The number of carbonyl (C=O) groups excluding carboxylic acids is 2. The van der Waals surface area contributed by atoms with Crippen molar-refractivity contribution in [3.8, 4) is 0 Å². The van der Waals surface area contributed by atoms with Crippen molar-refractivity contribution in [3.63, 3.8) is 0 Å². The first-order chi connectivity index (χ1) is 10.9. The monoisotopic (exact) mass is 322 g/mol. The Balaban J connectivity index is 2.26. The third-order valence-corrected chi connectivity index (χ3v) is 3.18. The van der Waals surface area contributed by atoms with Gasteiger partial charge in [-0.3, -0.25) is 9.59 Å². The Labute approximate surface area is 130 Å². The van der Waals surface area contributed by atoms with Crippen LogP contribution in [0.15, 0.2) is 42.5 Å². The van der Waals surface area contributed by atoms with Crippen molar-refractivity contribution in [2.45, 2.75) is 12.3 Å². The van der Waals surface area contributed by atoms with Crippen molar-refractivity contribution in [2.75, 3.05) is 5.32 Å². The molecule has 0 aromatic heterocycles. The molecule has 2 aromatic carbocycles. The zero-order valence-electron chi connectivity index (χ0n) is 11.9. The zero-order chi connectivity index (χ0) is 17.0. The Bertz CT molecular complexity index is 712. The molecule has 0 fully saturated rings. The Hall–Kier alpha value is -2.83. The minimum absolute atomic E-state index is 0.253. The molecule has 1 atom stereocenters. The van der Waals surface area contributed by atoms with Gasteiger partial charge in [0.25, 0.3) is 0 Å². The van der Waals surface area contributed by atoms with E-state index in [9.17, 15) is 22.8 Å². The molecule has 4 nitrogen and oxygen atoms in total. The molecule has 3 N–H and O–H groups in total. The second-order valence-corrected chi connectivity index (χ2v) is 4.88. The largest absolute Gasteiger partial charge is 0.370 e. The Kier molecular flexibility index (Phi) is 5.00. The lowest BCUT2D eigenvalue weighted by molar-refractivity contribution is -0.123. The molecular weight excluding hydrogens is 309 g/mol. The summed E-state index contributed by atoms with van der Waals surface area (Å²) in [7, 11) is 0. The molecule has 0 saturated heterocycles. The summed E-state index contributed by atoms with van der Waals surface area (Å²) in [6, 6.07) is 9.64. The molecule has 0 radical (unpaired) electrons. The smallest absolute Gasteiger partial charge is 0.232 e. The van der Waals surface area contributed by atoms with Crippen molar-refractivity contribution >= 4 is 17.5 Å². The van der Waals surface area contributed by atoms with Crippen LogP contribution in [0.25, 0.3) is 0 Å². The third kappa shape index (κ3) is 4.09. The average Bonchev–Trinajstić information content (AvgIpc) is 2.50. The first-order valence-electron chi connectivity index (χ1n) is 6.67. The molecular formula is C16H13F3N2O2. The minimum Gasteiger partial charge on any atom is -0.370 e. The van der Waals surface area contributed by atoms with Crippen molar-refractivity contribution in [1.29, 1.82) is 0 Å². The van der Waals surface area contributed by atoms with Gasteiger partial charge in [-0.15, -0.1) is 0 Å². The van der Waals surface area contributed by atoms with Gasteiger partial charge in [0.1, 0.15) is 0 Å². The summed E-state index contributed by atoms with van der Waals surface area (Å²) in [5.41, 5.74) is 5.41. The summed E-state index contributed by atoms with van der Waals surface area (Å²) in [5.74, 6) is -6.78. The maximum atomic E-state index is 13.2. The Morgan fingerprint density at radius 2 is 1.61 bits per heavy atom. The standard InChI is InChI=1S/C16H13F3N2O2/c17-12-6-10(7-13(18)15(12)19)21-16(23)11(8-14(20)22)9-4-2-1-3-5-9/h1-7,11H,8H2,(H2,20,22)(H,21,23). The van der Waals surface area contributed by atoms with Crippen molar-refractivity contribution in [3.05, 3.63) is 65.5 Å². The first kappa shape index (κ1) is 16.5. The molecule has 0 spiro atoms. The lowest BCUT2D eigenvalue weighted by Crippen LogP contribution is -2.26. The maximum absolute atomic E-state index is 13.2. The van der Waals surface area contributed by atoms with Gasteiger partial charge in [-0.25, -0.2) is 13.2 Å². The summed E-state index contributed by atoms with van der Waals surface area (Å²) in [6.07, 6.45) is -0.276. The highest BCUT2D eigenvalue weighted by molar-refractivity contribution is 5.98. The topological polar surface area (TPSA) is 72.2 Å².